The van der Waals surface area contributed by atoms with E-state index in [0.717, 1.165) is 13.1 Å². The van der Waals surface area contributed by atoms with Crippen molar-refractivity contribution < 1.29 is 0 Å². The molecule has 14 heavy (non-hydrogen) atoms. The molecule has 0 saturated carbocycles. The van der Waals surface area contributed by atoms with E-state index in [1.165, 1.54) is 12.8 Å². The fourth-order valence-electron chi connectivity index (χ4n) is 1.68. The van der Waals surface area contributed by atoms with Gasteiger partial charge >= 0.3 is 0 Å². The van der Waals surface area contributed by atoms with Gasteiger partial charge in [0.2, 0.25) is 0 Å². The van der Waals surface area contributed by atoms with E-state index in [0.29, 0.717) is 12.1 Å². The van der Waals surface area contributed by atoms with Gasteiger partial charge in [-0.05, 0) is 19.3 Å². The molecule has 0 N–H and O–H groups in total. The van der Waals surface area contributed by atoms with Crippen LogP contribution in [0.5, 0.6) is 0 Å². The molecule has 0 spiro atoms. The topological polar surface area (TPSA) is 18.8 Å². The monoisotopic (exact) mass is 197 g/mol. The number of hydrazone groups is 1. The SMILES string of the molecule is CCCCN1N=CN(CC(C)C)C1C. The van der Waals surface area contributed by atoms with E-state index < -0.39 is 0 Å². The lowest BCUT2D eigenvalue weighted by atomic mass is 10.2. The van der Waals surface area contributed by atoms with E-state index in [4.69, 9.17) is 0 Å². The molecule has 1 unspecified atom stereocenters. The maximum atomic E-state index is 4.42. The third-order valence-electron chi connectivity index (χ3n) is 2.58. The van der Waals surface area contributed by atoms with Crippen molar-refractivity contribution in [1.29, 1.82) is 0 Å². The lowest BCUT2D eigenvalue weighted by Crippen LogP contribution is -2.39. The summed E-state index contributed by atoms with van der Waals surface area (Å²) >= 11 is 0. The van der Waals surface area contributed by atoms with Gasteiger partial charge in [-0.1, -0.05) is 27.2 Å². The molecule has 1 rings (SSSR count). The molecule has 0 saturated heterocycles. The smallest absolute Gasteiger partial charge is 0.116 e. The largest absolute Gasteiger partial charge is 0.339 e. The highest BCUT2D eigenvalue weighted by molar-refractivity contribution is 5.56. The molecular weight excluding hydrogens is 174 g/mol. The summed E-state index contributed by atoms with van der Waals surface area (Å²) in [5.74, 6) is 0.704. The van der Waals surface area contributed by atoms with E-state index in [-0.39, 0.29) is 0 Å². The Kier molecular flexibility index (Phi) is 4.23. The average molecular weight is 197 g/mol. The van der Waals surface area contributed by atoms with Gasteiger partial charge in [-0.3, -0.25) is 5.01 Å². The van der Waals surface area contributed by atoms with Crippen LogP contribution in [-0.2, 0) is 0 Å². The minimum absolute atomic E-state index is 0.448. The second-order valence-corrected chi connectivity index (χ2v) is 4.47. The van der Waals surface area contributed by atoms with E-state index in [2.05, 4.69) is 42.7 Å². The molecule has 0 aromatic carbocycles. The van der Waals surface area contributed by atoms with E-state index in [1.807, 2.05) is 6.34 Å². The third-order valence-corrected chi connectivity index (χ3v) is 2.58. The fourth-order valence-corrected chi connectivity index (χ4v) is 1.68. The molecule has 1 heterocycles. The molecule has 1 atom stereocenters. The minimum atomic E-state index is 0.448. The molecular formula is C11H23N3. The van der Waals surface area contributed by atoms with Gasteiger partial charge in [0.05, 0.1) is 0 Å². The number of unbranched alkanes of at least 4 members (excludes halogenated alkanes) is 1. The lowest BCUT2D eigenvalue weighted by molar-refractivity contribution is 0.137. The summed E-state index contributed by atoms with van der Waals surface area (Å²) in [6, 6.07) is 0. The van der Waals surface area contributed by atoms with Crippen molar-refractivity contribution >= 4 is 6.34 Å². The van der Waals surface area contributed by atoms with E-state index >= 15 is 0 Å². The van der Waals surface area contributed by atoms with Gasteiger partial charge in [0.1, 0.15) is 12.5 Å². The summed E-state index contributed by atoms with van der Waals surface area (Å²) in [5, 5.41) is 6.61. The first-order valence-corrected chi connectivity index (χ1v) is 5.71. The van der Waals surface area contributed by atoms with Gasteiger partial charge in [0, 0.05) is 13.1 Å². The van der Waals surface area contributed by atoms with Crippen LogP contribution in [0.4, 0.5) is 0 Å². The van der Waals surface area contributed by atoms with Gasteiger partial charge in [-0.25, -0.2) is 0 Å². The zero-order valence-electron chi connectivity index (χ0n) is 9.90. The molecule has 3 nitrogen and oxygen atoms in total. The van der Waals surface area contributed by atoms with Crippen LogP contribution < -0.4 is 0 Å². The third kappa shape index (κ3) is 2.89. The van der Waals surface area contributed by atoms with Crippen LogP contribution in [-0.4, -0.2) is 35.5 Å². The Morgan fingerprint density at radius 3 is 2.71 bits per heavy atom. The summed E-state index contributed by atoms with van der Waals surface area (Å²) in [7, 11) is 0. The number of hydrogen-bond donors (Lipinski definition) is 0. The molecule has 3 heteroatoms. The zero-order valence-corrected chi connectivity index (χ0v) is 9.90. The van der Waals surface area contributed by atoms with Gasteiger partial charge in [-0.15, -0.1) is 0 Å². The molecule has 0 aliphatic carbocycles. The van der Waals surface area contributed by atoms with E-state index in [1.54, 1.807) is 0 Å². The predicted octanol–water partition coefficient (Wildman–Crippen LogP) is 2.35. The Bertz CT molecular complexity index is 189. The first-order valence-electron chi connectivity index (χ1n) is 5.71. The maximum Gasteiger partial charge on any atom is 0.116 e. The van der Waals surface area contributed by atoms with Crippen LogP contribution in [0.2, 0.25) is 0 Å². The molecule has 0 aromatic heterocycles. The summed E-state index contributed by atoms with van der Waals surface area (Å²) in [6.07, 6.45) is 4.91. The van der Waals surface area contributed by atoms with Crippen LogP contribution in [0.25, 0.3) is 0 Å². The fraction of sp³-hybridized carbons (Fsp3) is 0.909. The Morgan fingerprint density at radius 2 is 2.14 bits per heavy atom. The Hall–Kier alpha value is -0.730. The molecule has 0 radical (unpaired) electrons. The van der Waals surface area contributed by atoms with Crippen molar-refractivity contribution in [1.82, 2.24) is 9.91 Å². The molecule has 82 valence electrons. The highest BCUT2D eigenvalue weighted by atomic mass is 15.6. The second-order valence-electron chi connectivity index (χ2n) is 4.47. The quantitative estimate of drug-likeness (QED) is 0.673. The molecule has 0 amide bonds. The highest BCUT2D eigenvalue weighted by Gasteiger charge is 2.22. The standard InChI is InChI=1S/C11H23N3/c1-5-6-7-14-11(4)13(9-12-14)8-10(2)3/h9-11H,5-8H2,1-4H3. The maximum absolute atomic E-state index is 4.42. The average Bonchev–Trinajstić information content (AvgIpc) is 2.45. The van der Waals surface area contributed by atoms with Gasteiger partial charge in [-0.2, -0.15) is 5.10 Å². The van der Waals surface area contributed by atoms with E-state index in [9.17, 15) is 0 Å². The molecule has 0 bridgehead atoms. The summed E-state index contributed by atoms with van der Waals surface area (Å²) < 4.78 is 0. The molecule has 0 fully saturated rings. The molecule has 1 aliphatic heterocycles. The first kappa shape index (κ1) is 11.3. The minimum Gasteiger partial charge on any atom is -0.339 e. The van der Waals surface area contributed by atoms with Crippen molar-refractivity contribution in [3.05, 3.63) is 0 Å². The lowest BCUT2D eigenvalue weighted by Gasteiger charge is -2.28. The van der Waals surface area contributed by atoms with Crippen LogP contribution in [0, 0.1) is 5.92 Å². The predicted molar refractivity (Wildman–Crippen MR) is 61.1 cm³/mol. The van der Waals surface area contributed by atoms with Crippen molar-refractivity contribution in [2.45, 2.75) is 46.7 Å². The highest BCUT2D eigenvalue weighted by Crippen LogP contribution is 2.14. The number of hydrogen-bond acceptors (Lipinski definition) is 3. The van der Waals surface area contributed by atoms with Crippen molar-refractivity contribution in [3.8, 4) is 0 Å². The molecule has 1 aliphatic rings. The second kappa shape index (κ2) is 5.23. The Morgan fingerprint density at radius 1 is 1.43 bits per heavy atom. The van der Waals surface area contributed by atoms with Crippen LogP contribution >= 0.6 is 0 Å². The van der Waals surface area contributed by atoms with Gasteiger partial charge in [0.15, 0.2) is 0 Å². The molecule has 0 aromatic rings. The number of nitrogens with zero attached hydrogens (tertiary/aromatic N) is 3. The van der Waals surface area contributed by atoms with Crippen molar-refractivity contribution in [3.63, 3.8) is 0 Å². The summed E-state index contributed by atoms with van der Waals surface area (Å²) in [4.78, 5) is 2.32. The van der Waals surface area contributed by atoms with Crippen LogP contribution in [0.3, 0.4) is 0 Å². The van der Waals surface area contributed by atoms with Crippen molar-refractivity contribution in [2.24, 2.45) is 11.0 Å². The first-order chi connectivity index (χ1) is 6.65. The normalized spacial score (nSPS) is 21.4. The Balaban J connectivity index is 2.36. The van der Waals surface area contributed by atoms with Gasteiger partial charge < -0.3 is 4.90 Å². The van der Waals surface area contributed by atoms with Crippen LogP contribution in [0.15, 0.2) is 5.10 Å². The Labute approximate surface area is 87.8 Å². The van der Waals surface area contributed by atoms with Crippen LogP contribution in [0.1, 0.15) is 40.5 Å². The van der Waals surface area contributed by atoms with Gasteiger partial charge in [0.25, 0.3) is 0 Å². The summed E-state index contributed by atoms with van der Waals surface area (Å²) in [6.45, 7) is 11.1. The van der Waals surface area contributed by atoms with Crippen molar-refractivity contribution in [2.75, 3.05) is 13.1 Å². The zero-order chi connectivity index (χ0) is 10.6. The number of rotatable bonds is 5. The summed E-state index contributed by atoms with van der Waals surface area (Å²) in [5.41, 5.74) is 0.